The Morgan fingerprint density at radius 2 is 2.12 bits per heavy atom. The van der Waals surface area contributed by atoms with Crippen LogP contribution in [0.15, 0.2) is 11.6 Å². The van der Waals surface area contributed by atoms with E-state index in [4.69, 9.17) is 0 Å². The number of carbonyl (C=O) groups excluding carboxylic acids is 1. The SMILES string of the molecule is CC(C)(C)NC(=O)NCCC1=CCCCC1. The van der Waals surface area contributed by atoms with Crippen LogP contribution >= 0.6 is 0 Å². The molecule has 0 atom stereocenters. The van der Waals surface area contributed by atoms with Gasteiger partial charge in [0.05, 0.1) is 0 Å². The van der Waals surface area contributed by atoms with Gasteiger partial charge in [-0.3, -0.25) is 0 Å². The first-order chi connectivity index (χ1) is 7.47. The molecule has 1 aliphatic rings. The average Bonchev–Trinajstić information content (AvgIpc) is 2.16. The highest BCUT2D eigenvalue weighted by atomic mass is 16.2. The zero-order valence-electron chi connectivity index (χ0n) is 10.7. The highest BCUT2D eigenvalue weighted by molar-refractivity contribution is 5.74. The van der Waals surface area contributed by atoms with E-state index in [9.17, 15) is 4.79 Å². The summed E-state index contributed by atoms with van der Waals surface area (Å²) >= 11 is 0. The Morgan fingerprint density at radius 3 is 2.69 bits per heavy atom. The van der Waals surface area contributed by atoms with Crippen molar-refractivity contribution in [3.63, 3.8) is 0 Å². The molecule has 0 unspecified atom stereocenters. The lowest BCUT2D eigenvalue weighted by atomic mass is 9.97. The van der Waals surface area contributed by atoms with Gasteiger partial charge in [0.15, 0.2) is 0 Å². The van der Waals surface area contributed by atoms with Crippen molar-refractivity contribution < 1.29 is 4.79 Å². The molecule has 0 saturated carbocycles. The van der Waals surface area contributed by atoms with Crippen LogP contribution in [-0.2, 0) is 0 Å². The van der Waals surface area contributed by atoms with Crippen LogP contribution in [0.5, 0.6) is 0 Å². The minimum Gasteiger partial charge on any atom is -0.338 e. The molecular weight excluding hydrogens is 200 g/mol. The zero-order chi connectivity index (χ0) is 12.0. The molecule has 0 spiro atoms. The van der Waals surface area contributed by atoms with Crippen molar-refractivity contribution in [2.75, 3.05) is 6.54 Å². The molecule has 1 aliphatic carbocycles. The summed E-state index contributed by atoms with van der Waals surface area (Å²) in [7, 11) is 0. The molecule has 1 rings (SSSR count). The predicted molar refractivity (Wildman–Crippen MR) is 67.5 cm³/mol. The highest BCUT2D eigenvalue weighted by Crippen LogP contribution is 2.19. The van der Waals surface area contributed by atoms with Gasteiger partial charge in [0, 0.05) is 12.1 Å². The number of rotatable bonds is 3. The fourth-order valence-electron chi connectivity index (χ4n) is 1.85. The van der Waals surface area contributed by atoms with E-state index in [0.29, 0.717) is 0 Å². The summed E-state index contributed by atoms with van der Waals surface area (Å²) in [6.45, 7) is 6.69. The first kappa shape index (κ1) is 13.1. The second-order valence-electron chi connectivity index (χ2n) is 5.49. The van der Waals surface area contributed by atoms with Gasteiger partial charge < -0.3 is 10.6 Å². The van der Waals surface area contributed by atoms with E-state index in [1.165, 1.54) is 31.3 Å². The van der Waals surface area contributed by atoms with E-state index >= 15 is 0 Å². The Balaban J connectivity index is 2.15. The van der Waals surface area contributed by atoms with Crippen LogP contribution in [0.2, 0.25) is 0 Å². The number of nitrogens with one attached hydrogen (secondary N) is 2. The first-order valence-corrected chi connectivity index (χ1v) is 6.21. The molecule has 0 aliphatic heterocycles. The number of urea groups is 1. The molecule has 0 bridgehead atoms. The number of amides is 2. The zero-order valence-corrected chi connectivity index (χ0v) is 10.7. The van der Waals surface area contributed by atoms with E-state index in [-0.39, 0.29) is 11.6 Å². The molecule has 0 saturated heterocycles. The number of hydrogen-bond acceptors (Lipinski definition) is 1. The van der Waals surface area contributed by atoms with Crippen LogP contribution in [-0.4, -0.2) is 18.1 Å². The predicted octanol–water partition coefficient (Wildman–Crippen LogP) is 2.97. The normalized spacial score (nSPS) is 16.6. The largest absolute Gasteiger partial charge is 0.338 e. The maximum Gasteiger partial charge on any atom is 0.315 e. The van der Waals surface area contributed by atoms with Crippen molar-refractivity contribution in [1.82, 2.24) is 10.6 Å². The molecule has 16 heavy (non-hydrogen) atoms. The summed E-state index contributed by atoms with van der Waals surface area (Å²) in [5, 5.41) is 5.78. The second-order valence-corrected chi connectivity index (χ2v) is 5.49. The van der Waals surface area contributed by atoms with E-state index in [2.05, 4.69) is 16.7 Å². The van der Waals surface area contributed by atoms with Gasteiger partial charge in [-0.25, -0.2) is 4.79 Å². The Bertz CT molecular complexity index is 264. The third-order valence-corrected chi connectivity index (χ3v) is 2.61. The molecule has 0 aromatic heterocycles. The van der Waals surface area contributed by atoms with E-state index in [1.54, 1.807) is 0 Å². The Morgan fingerprint density at radius 1 is 1.38 bits per heavy atom. The van der Waals surface area contributed by atoms with Crippen LogP contribution in [0.25, 0.3) is 0 Å². The lowest BCUT2D eigenvalue weighted by Crippen LogP contribution is -2.46. The average molecular weight is 224 g/mol. The molecule has 0 radical (unpaired) electrons. The molecule has 3 heteroatoms. The van der Waals surface area contributed by atoms with Crippen molar-refractivity contribution in [1.29, 1.82) is 0 Å². The minimum atomic E-state index is -0.159. The van der Waals surface area contributed by atoms with Gasteiger partial charge in [-0.05, 0) is 52.9 Å². The summed E-state index contributed by atoms with van der Waals surface area (Å²) in [4.78, 5) is 11.5. The summed E-state index contributed by atoms with van der Waals surface area (Å²) in [5.74, 6) is 0. The van der Waals surface area contributed by atoms with Crippen molar-refractivity contribution >= 4 is 6.03 Å². The van der Waals surface area contributed by atoms with Crippen molar-refractivity contribution in [3.8, 4) is 0 Å². The van der Waals surface area contributed by atoms with Crippen LogP contribution < -0.4 is 10.6 Å². The standard InChI is InChI=1S/C13H24N2O/c1-13(2,3)15-12(16)14-10-9-11-7-5-4-6-8-11/h7H,4-6,8-10H2,1-3H3,(H2,14,15,16). The van der Waals surface area contributed by atoms with Crippen molar-refractivity contribution in [3.05, 3.63) is 11.6 Å². The molecule has 0 heterocycles. The first-order valence-electron chi connectivity index (χ1n) is 6.21. The number of allylic oxidation sites excluding steroid dienone is 1. The monoisotopic (exact) mass is 224 g/mol. The van der Waals surface area contributed by atoms with Crippen LogP contribution in [0, 0.1) is 0 Å². The van der Waals surface area contributed by atoms with Crippen LogP contribution in [0.1, 0.15) is 52.9 Å². The lowest BCUT2D eigenvalue weighted by Gasteiger charge is -2.21. The topological polar surface area (TPSA) is 41.1 Å². The molecule has 0 aromatic carbocycles. The van der Waals surface area contributed by atoms with E-state index < -0.39 is 0 Å². The Kier molecular flexibility index (Phi) is 4.84. The van der Waals surface area contributed by atoms with E-state index in [0.717, 1.165) is 13.0 Å². The summed E-state index contributed by atoms with van der Waals surface area (Å²) < 4.78 is 0. The second kappa shape index (κ2) is 5.92. The van der Waals surface area contributed by atoms with Gasteiger partial charge in [0.2, 0.25) is 0 Å². The molecule has 0 fully saturated rings. The third-order valence-electron chi connectivity index (χ3n) is 2.61. The summed E-state index contributed by atoms with van der Waals surface area (Å²) in [6, 6.07) is -0.0658. The molecular formula is C13H24N2O. The fourth-order valence-corrected chi connectivity index (χ4v) is 1.85. The van der Waals surface area contributed by atoms with Gasteiger partial charge >= 0.3 is 6.03 Å². The summed E-state index contributed by atoms with van der Waals surface area (Å²) in [6.07, 6.45) is 8.37. The quantitative estimate of drug-likeness (QED) is 0.711. The Labute approximate surface area is 98.7 Å². The minimum absolute atomic E-state index is 0.0658. The van der Waals surface area contributed by atoms with Gasteiger partial charge in [0.25, 0.3) is 0 Å². The van der Waals surface area contributed by atoms with Crippen molar-refractivity contribution in [2.45, 2.75) is 58.4 Å². The van der Waals surface area contributed by atoms with Crippen LogP contribution in [0.3, 0.4) is 0 Å². The maximum atomic E-state index is 11.5. The van der Waals surface area contributed by atoms with E-state index in [1.807, 2.05) is 20.8 Å². The maximum absolute atomic E-state index is 11.5. The highest BCUT2D eigenvalue weighted by Gasteiger charge is 2.12. The van der Waals surface area contributed by atoms with Crippen LogP contribution in [0.4, 0.5) is 4.79 Å². The third kappa shape index (κ3) is 5.79. The lowest BCUT2D eigenvalue weighted by molar-refractivity contribution is 0.232. The molecule has 2 amide bonds. The summed E-state index contributed by atoms with van der Waals surface area (Å²) in [5.41, 5.74) is 1.34. The molecule has 3 nitrogen and oxygen atoms in total. The smallest absolute Gasteiger partial charge is 0.315 e. The van der Waals surface area contributed by atoms with Gasteiger partial charge in [-0.2, -0.15) is 0 Å². The molecule has 0 aromatic rings. The fraction of sp³-hybridized carbons (Fsp3) is 0.769. The van der Waals surface area contributed by atoms with Gasteiger partial charge in [0.1, 0.15) is 0 Å². The van der Waals surface area contributed by atoms with Gasteiger partial charge in [-0.1, -0.05) is 11.6 Å². The Hall–Kier alpha value is -0.990. The number of hydrogen-bond donors (Lipinski definition) is 2. The van der Waals surface area contributed by atoms with Gasteiger partial charge in [-0.15, -0.1) is 0 Å². The molecule has 2 N–H and O–H groups in total. The number of carbonyl (C=O) groups is 1. The molecule has 92 valence electrons. The van der Waals surface area contributed by atoms with Crippen molar-refractivity contribution in [2.24, 2.45) is 0 Å².